The standard InChI is InChI=1S/C20H21N3O3/c1-10-4-6-11(7-5-10)14-15-12(8-20(2,3)9-13(15)24)21-17-16(14)18(25)23-19(26)22-17/h4-7,14H,8-9H2,1-3H3,(H3,21,22,23,25,26)/t14-/m1/s1. The molecule has 1 aliphatic carbocycles. The number of Topliss-reactive ketones (excluding diaryl/α,β-unsaturated/α-hetero) is 1. The fraction of sp³-hybridized carbons (Fsp3) is 0.350. The van der Waals surface area contributed by atoms with E-state index in [9.17, 15) is 14.4 Å². The first-order valence-corrected chi connectivity index (χ1v) is 8.71. The number of allylic oxidation sites excluding steroid dienone is 2. The minimum absolute atomic E-state index is 0.0468. The number of H-pyrrole nitrogens is 2. The highest BCUT2D eigenvalue weighted by molar-refractivity contribution is 6.01. The van der Waals surface area contributed by atoms with Gasteiger partial charge in [0.2, 0.25) is 0 Å². The first-order valence-electron chi connectivity index (χ1n) is 8.71. The van der Waals surface area contributed by atoms with E-state index in [0.29, 0.717) is 29.8 Å². The molecule has 0 fully saturated rings. The molecule has 0 amide bonds. The van der Waals surface area contributed by atoms with Crippen molar-refractivity contribution in [2.75, 3.05) is 5.32 Å². The van der Waals surface area contributed by atoms with Crippen LogP contribution >= 0.6 is 0 Å². The van der Waals surface area contributed by atoms with Crippen LogP contribution in [0.4, 0.5) is 5.82 Å². The summed E-state index contributed by atoms with van der Waals surface area (Å²) in [7, 11) is 0. The lowest BCUT2D eigenvalue weighted by atomic mass is 9.69. The Hall–Kier alpha value is -2.89. The van der Waals surface area contributed by atoms with Crippen LogP contribution in [0.15, 0.2) is 45.1 Å². The van der Waals surface area contributed by atoms with Crippen LogP contribution in [0.5, 0.6) is 0 Å². The van der Waals surface area contributed by atoms with Gasteiger partial charge in [0.05, 0.1) is 5.56 Å². The normalized spacial score (nSPS) is 21.0. The lowest BCUT2D eigenvalue weighted by Gasteiger charge is -2.38. The molecule has 0 spiro atoms. The summed E-state index contributed by atoms with van der Waals surface area (Å²) in [6, 6.07) is 7.82. The van der Waals surface area contributed by atoms with Crippen LogP contribution in [0.1, 0.15) is 49.3 Å². The Morgan fingerprint density at radius 2 is 1.69 bits per heavy atom. The van der Waals surface area contributed by atoms with E-state index in [1.54, 1.807) is 0 Å². The number of hydrogen-bond donors (Lipinski definition) is 3. The first-order chi connectivity index (χ1) is 12.2. The van der Waals surface area contributed by atoms with Gasteiger partial charge in [-0.2, -0.15) is 0 Å². The van der Waals surface area contributed by atoms with Crippen LogP contribution < -0.4 is 16.6 Å². The molecule has 26 heavy (non-hydrogen) atoms. The number of aromatic amines is 2. The highest BCUT2D eigenvalue weighted by atomic mass is 16.2. The number of rotatable bonds is 1. The number of aromatic nitrogens is 2. The van der Waals surface area contributed by atoms with Crippen molar-refractivity contribution in [2.45, 2.75) is 39.5 Å². The summed E-state index contributed by atoms with van der Waals surface area (Å²) in [6.45, 7) is 6.09. The molecule has 2 heterocycles. The van der Waals surface area contributed by atoms with E-state index in [1.807, 2.05) is 45.0 Å². The summed E-state index contributed by atoms with van der Waals surface area (Å²) in [5, 5.41) is 3.16. The zero-order valence-electron chi connectivity index (χ0n) is 15.0. The Labute approximate surface area is 150 Å². The zero-order valence-corrected chi connectivity index (χ0v) is 15.0. The van der Waals surface area contributed by atoms with Gasteiger partial charge in [0.1, 0.15) is 5.82 Å². The van der Waals surface area contributed by atoms with Gasteiger partial charge >= 0.3 is 5.69 Å². The summed E-state index contributed by atoms with van der Waals surface area (Å²) in [4.78, 5) is 42.3. The number of fused-ring (bicyclic) bond motifs is 1. The van der Waals surface area contributed by atoms with Gasteiger partial charge < -0.3 is 5.32 Å². The highest BCUT2D eigenvalue weighted by Crippen LogP contribution is 2.47. The number of aryl methyl sites for hydroxylation is 1. The van der Waals surface area contributed by atoms with Gasteiger partial charge in [-0.25, -0.2) is 4.79 Å². The second kappa shape index (κ2) is 5.56. The molecule has 2 aromatic rings. The van der Waals surface area contributed by atoms with Crippen LogP contribution in [0.25, 0.3) is 0 Å². The highest BCUT2D eigenvalue weighted by Gasteiger charge is 2.42. The van der Waals surface area contributed by atoms with Gasteiger partial charge in [-0.1, -0.05) is 43.7 Å². The maximum Gasteiger partial charge on any atom is 0.327 e. The summed E-state index contributed by atoms with van der Waals surface area (Å²) >= 11 is 0. The molecule has 0 saturated heterocycles. The topological polar surface area (TPSA) is 94.8 Å². The number of hydrogen-bond acceptors (Lipinski definition) is 4. The molecule has 3 N–H and O–H groups in total. The molecule has 4 rings (SSSR count). The molecule has 2 aliphatic rings. The van der Waals surface area contributed by atoms with Gasteiger partial charge in [-0.3, -0.25) is 19.6 Å². The average Bonchev–Trinajstić information content (AvgIpc) is 2.52. The second-order valence-corrected chi connectivity index (χ2v) is 8.00. The van der Waals surface area contributed by atoms with E-state index in [4.69, 9.17) is 0 Å². The smallest absolute Gasteiger partial charge is 0.327 e. The van der Waals surface area contributed by atoms with Gasteiger partial charge in [0.15, 0.2) is 5.78 Å². The van der Waals surface area contributed by atoms with Crippen molar-refractivity contribution in [1.29, 1.82) is 0 Å². The molecule has 6 nitrogen and oxygen atoms in total. The van der Waals surface area contributed by atoms with Gasteiger partial charge in [-0.15, -0.1) is 0 Å². The Morgan fingerprint density at radius 1 is 1.00 bits per heavy atom. The minimum atomic E-state index is -0.561. The SMILES string of the molecule is Cc1ccc([C@@H]2C3=C(CC(C)(C)CC3=O)Nc3[nH]c(=O)[nH]c(=O)c32)cc1. The van der Waals surface area contributed by atoms with E-state index < -0.39 is 17.2 Å². The summed E-state index contributed by atoms with van der Waals surface area (Å²) in [5.74, 6) is -0.0507. The van der Waals surface area contributed by atoms with E-state index in [2.05, 4.69) is 15.3 Å². The van der Waals surface area contributed by atoms with Crippen LogP contribution in [-0.4, -0.2) is 15.8 Å². The third kappa shape index (κ3) is 2.62. The maximum absolute atomic E-state index is 13.0. The van der Waals surface area contributed by atoms with Crippen molar-refractivity contribution in [3.63, 3.8) is 0 Å². The molecule has 0 bridgehead atoms. The predicted molar refractivity (Wildman–Crippen MR) is 99.4 cm³/mol. The summed E-state index contributed by atoms with van der Waals surface area (Å²) in [5.41, 5.74) is 2.60. The molecule has 1 aliphatic heterocycles. The fourth-order valence-electron chi connectivity index (χ4n) is 4.04. The third-order valence-electron chi connectivity index (χ3n) is 5.16. The maximum atomic E-state index is 13.0. The molecule has 1 aromatic heterocycles. The number of benzene rings is 1. The Bertz CT molecular complexity index is 1050. The van der Waals surface area contributed by atoms with Crippen molar-refractivity contribution in [3.8, 4) is 0 Å². The molecule has 1 atom stereocenters. The molecule has 134 valence electrons. The molecule has 0 unspecified atom stereocenters. The van der Waals surface area contributed by atoms with E-state index in [0.717, 1.165) is 16.8 Å². The van der Waals surface area contributed by atoms with Crippen LogP contribution in [-0.2, 0) is 4.79 Å². The van der Waals surface area contributed by atoms with E-state index in [-0.39, 0.29) is 11.2 Å². The molecule has 0 saturated carbocycles. The zero-order chi connectivity index (χ0) is 18.6. The van der Waals surface area contributed by atoms with E-state index in [1.165, 1.54) is 0 Å². The monoisotopic (exact) mass is 351 g/mol. The molecular formula is C20H21N3O3. The number of carbonyl (C=O) groups excluding carboxylic acids is 1. The number of carbonyl (C=O) groups is 1. The van der Waals surface area contributed by atoms with Crippen molar-refractivity contribution in [3.05, 3.63) is 73.1 Å². The Morgan fingerprint density at radius 3 is 2.38 bits per heavy atom. The van der Waals surface area contributed by atoms with E-state index >= 15 is 0 Å². The van der Waals surface area contributed by atoms with Gasteiger partial charge in [-0.05, 0) is 24.3 Å². The predicted octanol–water partition coefficient (Wildman–Crippen LogP) is 2.57. The number of ketones is 1. The second-order valence-electron chi connectivity index (χ2n) is 8.00. The van der Waals surface area contributed by atoms with Crippen molar-refractivity contribution in [1.82, 2.24) is 9.97 Å². The largest absolute Gasteiger partial charge is 0.344 e. The quantitative estimate of drug-likeness (QED) is 0.736. The lowest BCUT2D eigenvalue weighted by Crippen LogP contribution is -2.38. The molecule has 0 radical (unpaired) electrons. The molecular weight excluding hydrogens is 330 g/mol. The van der Waals surface area contributed by atoms with Gasteiger partial charge in [0.25, 0.3) is 5.56 Å². The molecule has 6 heteroatoms. The number of nitrogens with one attached hydrogen (secondary N) is 3. The van der Waals surface area contributed by atoms with Crippen molar-refractivity contribution in [2.24, 2.45) is 5.41 Å². The van der Waals surface area contributed by atoms with Crippen LogP contribution in [0, 0.1) is 12.3 Å². The first kappa shape index (κ1) is 16.6. The van der Waals surface area contributed by atoms with Crippen LogP contribution in [0.2, 0.25) is 0 Å². The average molecular weight is 351 g/mol. The third-order valence-corrected chi connectivity index (χ3v) is 5.16. The Kier molecular flexibility index (Phi) is 3.54. The van der Waals surface area contributed by atoms with Crippen LogP contribution in [0.3, 0.4) is 0 Å². The molecule has 1 aromatic carbocycles. The van der Waals surface area contributed by atoms with Crippen molar-refractivity contribution < 1.29 is 4.79 Å². The van der Waals surface area contributed by atoms with Gasteiger partial charge in [0, 0.05) is 23.6 Å². The fourth-order valence-corrected chi connectivity index (χ4v) is 4.04. The van der Waals surface area contributed by atoms with Crippen molar-refractivity contribution >= 4 is 11.6 Å². The summed E-state index contributed by atoms with van der Waals surface area (Å²) in [6.07, 6.45) is 1.12. The number of anilines is 1. The summed E-state index contributed by atoms with van der Waals surface area (Å²) < 4.78 is 0. The Balaban J connectivity index is 2.00. The minimum Gasteiger partial charge on any atom is -0.344 e. The lowest BCUT2D eigenvalue weighted by molar-refractivity contribution is -0.118.